The minimum atomic E-state index is -4.67. The van der Waals surface area contributed by atoms with Crippen LogP contribution < -0.4 is 16.4 Å². The third-order valence-corrected chi connectivity index (χ3v) is 6.51. The molecule has 1 atom stereocenters. The minimum absolute atomic E-state index is 0.0502. The summed E-state index contributed by atoms with van der Waals surface area (Å²) < 4.78 is 67.7. The van der Waals surface area contributed by atoms with E-state index in [1.54, 1.807) is 18.3 Å². The van der Waals surface area contributed by atoms with Gasteiger partial charge in [-0.2, -0.15) is 13.2 Å². The second-order valence-corrected chi connectivity index (χ2v) is 9.29. The SMILES string of the molecule is NC1(C2CCC(F)(F)CC2)N=C(Nc2ccnc(-c3ccccc3)c2)NC(c2cccc(C(F)(F)F)n2)=N1. The lowest BCUT2D eigenvalue weighted by atomic mass is 9.82. The van der Waals surface area contributed by atoms with E-state index < -0.39 is 29.5 Å². The maximum absolute atomic E-state index is 13.8. The number of hydrogen-bond acceptors (Lipinski definition) is 7. The van der Waals surface area contributed by atoms with Gasteiger partial charge >= 0.3 is 6.18 Å². The lowest BCUT2D eigenvalue weighted by Crippen LogP contribution is -2.54. The first-order valence-electron chi connectivity index (χ1n) is 12.0. The summed E-state index contributed by atoms with van der Waals surface area (Å²) >= 11 is 0. The van der Waals surface area contributed by atoms with Crippen molar-refractivity contribution in [1.29, 1.82) is 0 Å². The lowest BCUT2D eigenvalue weighted by molar-refractivity contribution is -0.141. The average molecular weight is 530 g/mol. The van der Waals surface area contributed by atoms with E-state index in [4.69, 9.17) is 5.73 Å². The number of anilines is 1. The number of benzene rings is 1. The summed E-state index contributed by atoms with van der Waals surface area (Å²) in [4.78, 5) is 17.0. The van der Waals surface area contributed by atoms with Crippen molar-refractivity contribution in [3.63, 3.8) is 0 Å². The summed E-state index contributed by atoms with van der Waals surface area (Å²) in [5.41, 5.74) is 7.49. The molecule has 0 spiro atoms. The predicted octanol–water partition coefficient (Wildman–Crippen LogP) is 5.42. The quantitative estimate of drug-likeness (QED) is 0.392. The molecule has 4 N–H and O–H groups in total. The molecule has 1 aliphatic heterocycles. The highest BCUT2D eigenvalue weighted by Crippen LogP contribution is 2.41. The van der Waals surface area contributed by atoms with E-state index >= 15 is 0 Å². The summed E-state index contributed by atoms with van der Waals surface area (Å²) in [6, 6.07) is 16.3. The molecule has 7 nitrogen and oxygen atoms in total. The Balaban J connectivity index is 1.49. The fourth-order valence-electron chi connectivity index (χ4n) is 4.52. The predicted molar refractivity (Wildman–Crippen MR) is 133 cm³/mol. The molecular formula is C26H24F5N7. The second-order valence-electron chi connectivity index (χ2n) is 9.29. The van der Waals surface area contributed by atoms with Gasteiger partial charge in [-0.25, -0.2) is 23.7 Å². The highest BCUT2D eigenvalue weighted by Gasteiger charge is 2.45. The van der Waals surface area contributed by atoms with Gasteiger partial charge in [-0.15, -0.1) is 0 Å². The number of rotatable bonds is 4. The van der Waals surface area contributed by atoms with Crippen LogP contribution in [0.3, 0.4) is 0 Å². The molecule has 1 aromatic carbocycles. The molecule has 0 amide bonds. The summed E-state index contributed by atoms with van der Waals surface area (Å²) in [7, 11) is 0. The number of nitrogens with zero attached hydrogens (tertiary/aromatic N) is 4. The maximum Gasteiger partial charge on any atom is 0.433 e. The van der Waals surface area contributed by atoms with Crippen LogP contribution in [0.5, 0.6) is 0 Å². The van der Waals surface area contributed by atoms with E-state index in [9.17, 15) is 22.0 Å². The van der Waals surface area contributed by atoms with Gasteiger partial charge in [0.2, 0.25) is 17.7 Å². The van der Waals surface area contributed by atoms with Crippen molar-refractivity contribution in [2.24, 2.45) is 21.6 Å². The topological polar surface area (TPSA) is 101 Å². The molecule has 2 aliphatic rings. The van der Waals surface area contributed by atoms with Gasteiger partial charge in [-0.05, 0) is 37.1 Å². The first kappa shape index (κ1) is 25.7. The van der Waals surface area contributed by atoms with Crippen LogP contribution in [0.4, 0.5) is 27.6 Å². The Morgan fingerprint density at radius 1 is 0.921 bits per heavy atom. The maximum atomic E-state index is 13.8. The van der Waals surface area contributed by atoms with Crippen LogP contribution in [0.15, 0.2) is 76.8 Å². The molecular weight excluding hydrogens is 505 g/mol. The highest BCUT2D eigenvalue weighted by atomic mass is 19.4. The molecule has 0 bridgehead atoms. The summed E-state index contributed by atoms with van der Waals surface area (Å²) in [6.45, 7) is 0. The smallest absolute Gasteiger partial charge is 0.326 e. The van der Waals surface area contributed by atoms with Crippen molar-refractivity contribution in [3.8, 4) is 11.3 Å². The molecule has 3 aromatic rings. The van der Waals surface area contributed by atoms with Crippen LogP contribution in [0.1, 0.15) is 37.1 Å². The summed E-state index contributed by atoms with van der Waals surface area (Å²) in [5.74, 6) is -5.00. The first-order chi connectivity index (χ1) is 18.0. The first-order valence-corrected chi connectivity index (χ1v) is 12.0. The molecule has 198 valence electrons. The molecule has 1 aliphatic carbocycles. The normalized spacial score (nSPS) is 21.7. The zero-order valence-electron chi connectivity index (χ0n) is 20.0. The Hall–Kier alpha value is -3.93. The van der Waals surface area contributed by atoms with E-state index in [1.807, 2.05) is 30.3 Å². The number of nitrogens with two attached hydrogens (primary N) is 1. The zero-order chi connectivity index (χ0) is 27.0. The largest absolute Gasteiger partial charge is 0.433 e. The Morgan fingerprint density at radius 2 is 1.66 bits per heavy atom. The minimum Gasteiger partial charge on any atom is -0.326 e. The molecule has 0 saturated heterocycles. The number of nitrogens with one attached hydrogen (secondary N) is 2. The molecule has 2 aromatic heterocycles. The third-order valence-electron chi connectivity index (χ3n) is 6.51. The third kappa shape index (κ3) is 5.64. The number of aromatic nitrogens is 2. The van der Waals surface area contributed by atoms with Gasteiger partial charge in [-0.1, -0.05) is 36.4 Å². The number of halogens is 5. The Labute approximate surface area is 215 Å². The van der Waals surface area contributed by atoms with Gasteiger partial charge in [0, 0.05) is 36.2 Å². The molecule has 0 radical (unpaired) electrons. The summed E-state index contributed by atoms with van der Waals surface area (Å²) in [6.07, 6.45) is -3.71. The number of guanidine groups is 1. The number of aliphatic imine (C=N–C) groups is 2. The van der Waals surface area contributed by atoms with Crippen molar-refractivity contribution in [3.05, 3.63) is 78.2 Å². The van der Waals surface area contributed by atoms with Gasteiger partial charge in [0.05, 0.1) is 5.69 Å². The van der Waals surface area contributed by atoms with Crippen molar-refractivity contribution < 1.29 is 22.0 Å². The molecule has 1 fully saturated rings. The fourth-order valence-corrected chi connectivity index (χ4v) is 4.52. The number of hydrogen-bond donors (Lipinski definition) is 3. The number of alkyl halides is 5. The van der Waals surface area contributed by atoms with Gasteiger partial charge in [-0.3, -0.25) is 10.7 Å². The highest BCUT2D eigenvalue weighted by molar-refractivity contribution is 6.13. The van der Waals surface area contributed by atoms with Gasteiger partial charge in [0.1, 0.15) is 11.4 Å². The van der Waals surface area contributed by atoms with E-state index in [2.05, 4.69) is 30.6 Å². The molecule has 1 unspecified atom stereocenters. The van der Waals surface area contributed by atoms with Crippen LogP contribution in [0.2, 0.25) is 0 Å². The van der Waals surface area contributed by atoms with Crippen molar-refractivity contribution in [2.75, 3.05) is 5.32 Å². The molecule has 5 rings (SSSR count). The Morgan fingerprint density at radius 3 is 2.37 bits per heavy atom. The Kier molecular flexibility index (Phi) is 6.59. The van der Waals surface area contributed by atoms with Crippen LogP contribution in [-0.2, 0) is 6.18 Å². The number of amidine groups is 1. The van der Waals surface area contributed by atoms with Gasteiger partial charge < -0.3 is 10.6 Å². The van der Waals surface area contributed by atoms with Crippen molar-refractivity contribution >= 4 is 17.5 Å². The zero-order valence-corrected chi connectivity index (χ0v) is 20.0. The lowest BCUT2D eigenvalue weighted by Gasteiger charge is -2.38. The molecule has 12 heteroatoms. The van der Waals surface area contributed by atoms with Crippen molar-refractivity contribution in [2.45, 2.75) is 43.6 Å². The summed E-state index contributed by atoms with van der Waals surface area (Å²) in [5, 5.41) is 5.96. The fraction of sp³-hybridized carbons (Fsp3) is 0.308. The Bertz CT molecular complexity index is 1360. The van der Waals surface area contributed by atoms with Crippen LogP contribution >= 0.6 is 0 Å². The number of pyridine rings is 2. The van der Waals surface area contributed by atoms with Gasteiger partial charge in [0.15, 0.2) is 5.84 Å². The standard InChI is InChI=1S/C26H24F5N7/c27-24(28)12-9-17(10-13-24)26(32)37-22(19-7-4-8-21(35-19)25(29,30)31)36-23(38-26)34-18-11-14-33-20(15-18)16-5-2-1-3-6-16/h1-8,11,14-15,17H,9-10,12-13,32H2,(H2,33,34,36,37,38). The van der Waals surface area contributed by atoms with Crippen molar-refractivity contribution in [1.82, 2.24) is 15.3 Å². The van der Waals surface area contributed by atoms with Crippen LogP contribution in [-0.4, -0.2) is 33.5 Å². The molecule has 38 heavy (non-hydrogen) atoms. The molecule has 3 heterocycles. The second kappa shape index (κ2) is 9.75. The monoisotopic (exact) mass is 529 g/mol. The van der Waals surface area contributed by atoms with E-state index in [0.717, 1.165) is 11.6 Å². The van der Waals surface area contributed by atoms with Crippen LogP contribution in [0, 0.1) is 5.92 Å². The van der Waals surface area contributed by atoms with Gasteiger partial charge in [0.25, 0.3) is 0 Å². The van der Waals surface area contributed by atoms with E-state index in [-0.39, 0.29) is 43.2 Å². The van der Waals surface area contributed by atoms with E-state index in [1.165, 1.54) is 12.1 Å². The molecule has 1 saturated carbocycles. The average Bonchev–Trinajstić information content (AvgIpc) is 2.88. The van der Waals surface area contributed by atoms with E-state index in [0.29, 0.717) is 11.4 Å². The van der Waals surface area contributed by atoms with Crippen LogP contribution in [0.25, 0.3) is 11.3 Å².